The van der Waals surface area contributed by atoms with Crippen LogP contribution in [0, 0.1) is 0 Å². The number of phosphoric ester groups is 1. The Morgan fingerprint density at radius 2 is 1.97 bits per heavy atom. The number of aromatic nitrogens is 4. The molecule has 0 unspecified atom stereocenters. The van der Waals surface area contributed by atoms with Gasteiger partial charge in [-0.1, -0.05) is 6.92 Å². The molecule has 3 rings (SSSR count). The molecule has 1 amide bonds. The summed E-state index contributed by atoms with van der Waals surface area (Å²) in [6, 6.07) is -0.720. The van der Waals surface area contributed by atoms with Gasteiger partial charge in [-0.25, -0.2) is 9.55 Å². The summed E-state index contributed by atoms with van der Waals surface area (Å²) in [4.78, 5) is 52.8. The Kier molecular flexibility index (Phi) is 15.5. The standard InChI is InChI=1S/C16H25N6O9P.3Na/c1-3-4-17-13(25)7(2)19-16-20-12-9(14(26)21-16)18-6-22(12)15-11(24)10(23)8(31-15)5-30-32(27,28)29;;;/h6-8,10-11,15,23-24H,3-5H2,1-2H3,(H,17,25)(H2,27,28,29)(H2,19,20,21,26);;;/q;3*+1/t7-,8-,10-,11-,15-;;;/m1.../s1. The summed E-state index contributed by atoms with van der Waals surface area (Å²) in [5.74, 6) is -0.327. The van der Waals surface area contributed by atoms with Gasteiger partial charge in [0.25, 0.3) is 5.56 Å². The molecule has 0 bridgehead atoms. The summed E-state index contributed by atoms with van der Waals surface area (Å²) in [5, 5.41) is 26.0. The van der Waals surface area contributed by atoms with Gasteiger partial charge in [-0.15, -0.1) is 0 Å². The van der Waals surface area contributed by atoms with Gasteiger partial charge in [0.15, 0.2) is 17.4 Å². The third kappa shape index (κ3) is 9.10. The minimum absolute atomic E-state index is 0. The number of carbonyl (C=O) groups excluding carboxylic acids is 1. The van der Waals surface area contributed by atoms with Gasteiger partial charge >= 0.3 is 96.5 Å². The number of hydrogen-bond donors (Lipinski definition) is 7. The second-order valence-corrected chi connectivity index (χ2v) is 8.47. The largest absolute Gasteiger partial charge is 1.00 e. The monoisotopic (exact) mass is 545 g/mol. The van der Waals surface area contributed by atoms with E-state index in [4.69, 9.17) is 14.5 Å². The number of fused-ring (bicyclic) bond motifs is 1. The molecule has 2 aromatic rings. The molecule has 0 saturated carbocycles. The first-order valence-electron chi connectivity index (χ1n) is 9.74. The number of H-pyrrole nitrogens is 1. The van der Waals surface area contributed by atoms with E-state index in [1.165, 1.54) is 10.9 Å². The molecule has 1 saturated heterocycles. The maximum atomic E-state index is 12.4. The van der Waals surface area contributed by atoms with Crippen molar-refractivity contribution in [1.82, 2.24) is 24.8 Å². The van der Waals surface area contributed by atoms with Crippen molar-refractivity contribution in [1.29, 1.82) is 0 Å². The van der Waals surface area contributed by atoms with Gasteiger partial charge in [-0.2, -0.15) is 4.98 Å². The fourth-order valence-electron chi connectivity index (χ4n) is 3.12. The zero-order valence-corrected chi connectivity index (χ0v) is 27.1. The van der Waals surface area contributed by atoms with Crippen LogP contribution in [-0.2, 0) is 18.6 Å². The molecule has 35 heavy (non-hydrogen) atoms. The van der Waals surface area contributed by atoms with E-state index in [9.17, 15) is 24.4 Å². The number of nitrogens with one attached hydrogen (secondary N) is 3. The Morgan fingerprint density at radius 1 is 1.31 bits per heavy atom. The second kappa shape index (κ2) is 15.3. The molecule has 178 valence electrons. The fraction of sp³-hybridized carbons (Fsp3) is 0.625. The Bertz CT molecular complexity index is 1080. The molecule has 0 aromatic carbocycles. The van der Waals surface area contributed by atoms with E-state index in [1.807, 2.05) is 6.92 Å². The molecule has 1 fully saturated rings. The van der Waals surface area contributed by atoms with E-state index >= 15 is 0 Å². The van der Waals surface area contributed by atoms with Crippen LogP contribution >= 0.6 is 7.82 Å². The normalized spacial score (nSPS) is 22.5. The number of phosphoric acid groups is 1. The molecule has 0 aliphatic carbocycles. The fourth-order valence-corrected chi connectivity index (χ4v) is 3.46. The zero-order chi connectivity index (χ0) is 23.6. The van der Waals surface area contributed by atoms with Crippen molar-refractivity contribution in [2.75, 3.05) is 18.5 Å². The molecule has 0 radical (unpaired) electrons. The van der Waals surface area contributed by atoms with Crippen molar-refractivity contribution in [3.8, 4) is 0 Å². The Labute approximate surface area is 266 Å². The van der Waals surface area contributed by atoms with Crippen LogP contribution in [0.3, 0.4) is 0 Å². The molecular weight excluding hydrogens is 520 g/mol. The van der Waals surface area contributed by atoms with Crippen LogP contribution in [0.15, 0.2) is 11.1 Å². The molecule has 1 aliphatic rings. The number of imidazole rings is 1. The number of carbonyl (C=O) groups is 1. The average Bonchev–Trinajstić information content (AvgIpc) is 3.25. The average molecular weight is 545 g/mol. The molecule has 15 nitrogen and oxygen atoms in total. The topological polar surface area (TPSA) is 221 Å². The number of amides is 1. The first-order valence-corrected chi connectivity index (χ1v) is 11.3. The summed E-state index contributed by atoms with van der Waals surface area (Å²) in [6.07, 6.45) is -3.68. The van der Waals surface area contributed by atoms with Gasteiger partial charge in [0.1, 0.15) is 24.4 Å². The predicted octanol–water partition coefficient (Wildman–Crippen LogP) is -10.8. The molecule has 7 N–H and O–H groups in total. The zero-order valence-electron chi connectivity index (χ0n) is 20.2. The van der Waals surface area contributed by atoms with Crippen LogP contribution in [0.2, 0.25) is 0 Å². The Balaban J connectivity index is 0.00000385. The van der Waals surface area contributed by atoms with Gasteiger partial charge in [0, 0.05) is 6.54 Å². The van der Waals surface area contributed by atoms with Crippen LogP contribution in [0.4, 0.5) is 5.95 Å². The number of anilines is 1. The minimum Gasteiger partial charge on any atom is -0.387 e. The molecule has 2 aromatic heterocycles. The van der Waals surface area contributed by atoms with Crippen molar-refractivity contribution in [2.45, 2.75) is 50.8 Å². The molecular formula is C16H25N6Na3O9P+3. The third-order valence-electron chi connectivity index (χ3n) is 4.75. The van der Waals surface area contributed by atoms with E-state index in [0.717, 1.165) is 6.42 Å². The van der Waals surface area contributed by atoms with Gasteiger partial charge in [-0.05, 0) is 13.3 Å². The number of aliphatic hydroxyl groups excluding tert-OH is 2. The van der Waals surface area contributed by atoms with Crippen LogP contribution in [0.5, 0.6) is 0 Å². The molecule has 0 spiro atoms. The van der Waals surface area contributed by atoms with Gasteiger partial charge < -0.3 is 35.4 Å². The van der Waals surface area contributed by atoms with E-state index in [1.54, 1.807) is 6.92 Å². The van der Waals surface area contributed by atoms with E-state index < -0.39 is 50.6 Å². The Hall–Kier alpha value is 0.610. The van der Waals surface area contributed by atoms with E-state index in [-0.39, 0.29) is 112 Å². The number of aliphatic hydroxyl groups is 2. The van der Waals surface area contributed by atoms with Crippen molar-refractivity contribution in [3.63, 3.8) is 0 Å². The summed E-state index contributed by atoms with van der Waals surface area (Å²) < 4.78 is 21.9. The van der Waals surface area contributed by atoms with Crippen LogP contribution in [0.25, 0.3) is 11.2 Å². The predicted molar refractivity (Wildman–Crippen MR) is 108 cm³/mol. The first-order chi connectivity index (χ1) is 15.0. The first kappa shape index (κ1) is 35.6. The maximum Gasteiger partial charge on any atom is 1.00 e. The SMILES string of the molecule is CCCNC(=O)[C@@H](C)Nc1nc2c(ncn2[C@@H]2O[C@H](COP(=O)(O)O)[C@@H](O)[C@H]2O)c(=O)[nH]1.[Na+].[Na+].[Na+]. The summed E-state index contributed by atoms with van der Waals surface area (Å²) >= 11 is 0. The van der Waals surface area contributed by atoms with Crippen molar-refractivity contribution < 1.29 is 127 Å². The number of aromatic amines is 1. The van der Waals surface area contributed by atoms with Crippen molar-refractivity contribution >= 4 is 30.8 Å². The smallest absolute Gasteiger partial charge is 0.387 e. The van der Waals surface area contributed by atoms with Gasteiger partial charge in [-0.3, -0.25) is 23.7 Å². The number of nitrogens with zero attached hydrogens (tertiary/aromatic N) is 3. The summed E-state index contributed by atoms with van der Waals surface area (Å²) in [6.45, 7) is 3.30. The molecule has 3 heterocycles. The van der Waals surface area contributed by atoms with Crippen molar-refractivity contribution in [3.05, 3.63) is 16.7 Å². The van der Waals surface area contributed by atoms with Crippen LogP contribution in [-0.4, -0.2) is 82.9 Å². The maximum absolute atomic E-state index is 12.4. The summed E-state index contributed by atoms with van der Waals surface area (Å²) in [7, 11) is -4.82. The quantitative estimate of drug-likeness (QED) is 0.115. The number of ether oxygens (including phenoxy) is 1. The molecule has 1 aliphatic heterocycles. The third-order valence-corrected chi connectivity index (χ3v) is 5.23. The van der Waals surface area contributed by atoms with Crippen molar-refractivity contribution in [2.24, 2.45) is 0 Å². The minimum atomic E-state index is -4.82. The van der Waals surface area contributed by atoms with E-state index in [2.05, 4.69) is 30.1 Å². The van der Waals surface area contributed by atoms with Crippen LogP contribution in [0.1, 0.15) is 26.5 Å². The van der Waals surface area contributed by atoms with E-state index in [0.29, 0.717) is 6.54 Å². The van der Waals surface area contributed by atoms with Gasteiger partial charge in [0.05, 0.1) is 12.9 Å². The number of hydrogen-bond acceptors (Lipinski definition) is 10. The second-order valence-electron chi connectivity index (χ2n) is 7.23. The van der Waals surface area contributed by atoms with Crippen LogP contribution < -0.4 is 105 Å². The van der Waals surface area contributed by atoms with Gasteiger partial charge in [0.2, 0.25) is 11.9 Å². The number of rotatable bonds is 9. The molecule has 19 heteroatoms. The summed E-state index contributed by atoms with van der Waals surface area (Å²) in [5.41, 5.74) is -0.712. The Morgan fingerprint density at radius 3 is 2.57 bits per heavy atom. The molecule has 5 atom stereocenters.